The molecule has 10 N–H and O–H groups in total. The van der Waals surface area contributed by atoms with Crippen LogP contribution in [0.4, 0.5) is 0 Å². The molecule has 34 heavy (non-hydrogen) atoms. The minimum Gasteiger partial charge on any atom is -0.481 e. The molecule has 0 radical (unpaired) electrons. The molecule has 0 aliphatic heterocycles. The van der Waals surface area contributed by atoms with Crippen molar-refractivity contribution in [2.24, 2.45) is 11.5 Å². The number of amides is 4. The van der Waals surface area contributed by atoms with Crippen molar-refractivity contribution in [3.8, 4) is 0 Å². The van der Waals surface area contributed by atoms with Crippen molar-refractivity contribution in [3.05, 3.63) is 35.9 Å². The maximum atomic E-state index is 12.8. The summed E-state index contributed by atoms with van der Waals surface area (Å²) in [5.41, 5.74) is 11.1. The third-order valence-electron chi connectivity index (χ3n) is 4.48. The summed E-state index contributed by atoms with van der Waals surface area (Å²) >= 11 is 0. The first-order chi connectivity index (χ1) is 15.9. The highest BCUT2D eigenvalue weighted by Gasteiger charge is 2.31. The number of carboxylic acid groups (broad SMARTS) is 2. The summed E-state index contributed by atoms with van der Waals surface area (Å²) in [6.07, 6.45) is -1.70. The van der Waals surface area contributed by atoms with E-state index in [1.807, 2.05) is 0 Å². The standard InChI is InChI=1S/C20H27N5O9/c21-11(9-26)17(30)23-13(7-15(22)27)19(32)24-12(6-10-4-2-1-3-5-10)18(31)25-14(20(33)34)8-16(28)29/h1-5,11-14,26H,6-9,21H2,(H2,22,27)(H,23,30)(H,24,32)(H,25,31)(H,28,29)(H,33,34). The number of aliphatic hydroxyl groups excluding tert-OH is 1. The Bertz CT molecular complexity index is 909. The van der Waals surface area contributed by atoms with Gasteiger partial charge in [-0.05, 0) is 5.56 Å². The van der Waals surface area contributed by atoms with E-state index in [4.69, 9.17) is 21.7 Å². The molecule has 0 aromatic heterocycles. The lowest BCUT2D eigenvalue weighted by molar-refractivity contribution is -0.147. The normalized spacial score (nSPS) is 14.1. The minimum atomic E-state index is -1.77. The molecule has 4 atom stereocenters. The predicted molar refractivity (Wildman–Crippen MR) is 115 cm³/mol. The number of carboxylic acids is 2. The molecule has 14 nitrogen and oxygen atoms in total. The number of aliphatic carboxylic acids is 2. The van der Waals surface area contributed by atoms with E-state index >= 15 is 0 Å². The molecular weight excluding hydrogens is 454 g/mol. The van der Waals surface area contributed by atoms with Crippen molar-refractivity contribution >= 4 is 35.6 Å². The molecular formula is C20H27N5O9. The first-order valence-corrected chi connectivity index (χ1v) is 9.99. The van der Waals surface area contributed by atoms with Crippen LogP contribution in [0.2, 0.25) is 0 Å². The minimum absolute atomic E-state index is 0.134. The van der Waals surface area contributed by atoms with Gasteiger partial charge in [0.25, 0.3) is 0 Å². The van der Waals surface area contributed by atoms with Crippen LogP contribution in [0.5, 0.6) is 0 Å². The predicted octanol–water partition coefficient (Wildman–Crippen LogP) is -3.56. The fraction of sp³-hybridized carbons (Fsp3) is 0.400. The molecule has 0 aliphatic carbocycles. The van der Waals surface area contributed by atoms with Gasteiger partial charge in [0.05, 0.1) is 19.4 Å². The fourth-order valence-electron chi connectivity index (χ4n) is 2.75. The van der Waals surface area contributed by atoms with E-state index in [9.17, 15) is 33.9 Å². The van der Waals surface area contributed by atoms with Crippen molar-refractivity contribution in [1.29, 1.82) is 0 Å². The van der Waals surface area contributed by atoms with Crippen molar-refractivity contribution in [2.45, 2.75) is 43.4 Å². The van der Waals surface area contributed by atoms with Gasteiger partial charge in [0, 0.05) is 6.42 Å². The highest BCUT2D eigenvalue weighted by Crippen LogP contribution is 2.06. The summed E-state index contributed by atoms with van der Waals surface area (Å²) in [4.78, 5) is 71.2. The van der Waals surface area contributed by atoms with Crippen LogP contribution in [0.25, 0.3) is 0 Å². The average Bonchev–Trinajstić information content (AvgIpc) is 2.76. The largest absolute Gasteiger partial charge is 0.481 e. The number of benzene rings is 1. The van der Waals surface area contributed by atoms with Crippen LogP contribution >= 0.6 is 0 Å². The summed E-state index contributed by atoms with van der Waals surface area (Å²) in [6.45, 7) is -0.740. The zero-order valence-electron chi connectivity index (χ0n) is 18.0. The van der Waals surface area contributed by atoms with Crippen molar-refractivity contribution in [2.75, 3.05) is 6.61 Å². The molecule has 4 amide bonds. The molecule has 186 valence electrons. The third-order valence-corrected chi connectivity index (χ3v) is 4.48. The Morgan fingerprint density at radius 1 is 0.794 bits per heavy atom. The Kier molecular flexibility index (Phi) is 11.1. The van der Waals surface area contributed by atoms with E-state index in [-0.39, 0.29) is 6.42 Å². The lowest BCUT2D eigenvalue weighted by atomic mass is 10.0. The molecule has 1 rings (SSSR count). The number of rotatable bonds is 14. The summed E-state index contributed by atoms with van der Waals surface area (Å²) < 4.78 is 0. The van der Waals surface area contributed by atoms with Crippen LogP contribution in [0.15, 0.2) is 30.3 Å². The van der Waals surface area contributed by atoms with E-state index in [1.54, 1.807) is 30.3 Å². The molecule has 0 saturated heterocycles. The van der Waals surface area contributed by atoms with E-state index in [2.05, 4.69) is 16.0 Å². The van der Waals surface area contributed by atoms with Crippen molar-refractivity contribution in [3.63, 3.8) is 0 Å². The number of hydrogen-bond acceptors (Lipinski definition) is 8. The first kappa shape index (κ1) is 28.0. The molecule has 4 unspecified atom stereocenters. The lowest BCUT2D eigenvalue weighted by Gasteiger charge is -2.24. The number of aliphatic hydroxyl groups is 1. The maximum Gasteiger partial charge on any atom is 0.326 e. The van der Waals surface area contributed by atoms with E-state index in [1.165, 1.54) is 0 Å². The van der Waals surface area contributed by atoms with Gasteiger partial charge in [0.1, 0.15) is 24.2 Å². The number of nitrogens with one attached hydrogen (secondary N) is 3. The Labute approximate surface area is 193 Å². The van der Waals surface area contributed by atoms with Crippen molar-refractivity contribution in [1.82, 2.24) is 16.0 Å². The van der Waals surface area contributed by atoms with Gasteiger partial charge in [-0.3, -0.25) is 24.0 Å². The molecule has 0 aliphatic rings. The van der Waals surface area contributed by atoms with Crippen LogP contribution in [-0.4, -0.2) is 81.7 Å². The SMILES string of the molecule is NC(=O)CC(NC(=O)C(N)CO)C(=O)NC(Cc1ccccc1)C(=O)NC(CC(=O)O)C(=O)O. The maximum absolute atomic E-state index is 12.8. The average molecular weight is 481 g/mol. The zero-order chi connectivity index (χ0) is 25.8. The summed E-state index contributed by atoms with van der Waals surface area (Å²) in [5, 5.41) is 33.6. The number of carbonyl (C=O) groups excluding carboxylic acids is 4. The van der Waals surface area contributed by atoms with Gasteiger partial charge >= 0.3 is 11.9 Å². The molecule has 1 aromatic rings. The molecule has 0 bridgehead atoms. The van der Waals surface area contributed by atoms with Crippen molar-refractivity contribution < 1.29 is 44.1 Å². The molecule has 0 saturated carbocycles. The van der Waals surface area contributed by atoms with Crippen LogP contribution in [-0.2, 0) is 35.2 Å². The second-order valence-electron chi connectivity index (χ2n) is 7.27. The van der Waals surface area contributed by atoms with Gasteiger partial charge in [-0.15, -0.1) is 0 Å². The number of primary amides is 1. The quantitative estimate of drug-likeness (QED) is 0.130. The van der Waals surface area contributed by atoms with Gasteiger partial charge < -0.3 is 42.7 Å². The summed E-state index contributed by atoms with van der Waals surface area (Å²) in [5.74, 6) is -7.02. The molecule has 0 fully saturated rings. The Balaban J connectivity index is 3.13. The second-order valence-corrected chi connectivity index (χ2v) is 7.27. The smallest absolute Gasteiger partial charge is 0.326 e. The summed E-state index contributed by atoms with van der Waals surface area (Å²) in [7, 11) is 0. The monoisotopic (exact) mass is 481 g/mol. The second kappa shape index (κ2) is 13.5. The highest BCUT2D eigenvalue weighted by molar-refractivity contribution is 5.96. The van der Waals surface area contributed by atoms with Gasteiger partial charge in [-0.1, -0.05) is 30.3 Å². The molecule has 14 heteroatoms. The van der Waals surface area contributed by atoms with E-state index < -0.39 is 79.2 Å². The number of nitrogens with two attached hydrogens (primary N) is 2. The molecule has 1 aromatic carbocycles. The molecule has 0 heterocycles. The van der Waals surface area contributed by atoms with Crippen LogP contribution in [0.3, 0.4) is 0 Å². The fourth-order valence-corrected chi connectivity index (χ4v) is 2.75. The number of hydrogen-bond donors (Lipinski definition) is 8. The molecule has 0 spiro atoms. The van der Waals surface area contributed by atoms with Crippen LogP contribution < -0.4 is 27.4 Å². The third kappa shape index (κ3) is 9.62. The van der Waals surface area contributed by atoms with Gasteiger partial charge in [0.2, 0.25) is 23.6 Å². The Morgan fingerprint density at radius 2 is 1.32 bits per heavy atom. The van der Waals surface area contributed by atoms with E-state index in [0.717, 1.165) is 0 Å². The topological polar surface area (TPSA) is 251 Å². The summed E-state index contributed by atoms with van der Waals surface area (Å²) in [6, 6.07) is 2.14. The van der Waals surface area contributed by atoms with Crippen LogP contribution in [0, 0.1) is 0 Å². The van der Waals surface area contributed by atoms with E-state index in [0.29, 0.717) is 5.56 Å². The van der Waals surface area contributed by atoms with Gasteiger partial charge in [-0.2, -0.15) is 0 Å². The Morgan fingerprint density at radius 3 is 1.82 bits per heavy atom. The van der Waals surface area contributed by atoms with Crippen LogP contribution in [0.1, 0.15) is 18.4 Å². The zero-order valence-corrected chi connectivity index (χ0v) is 18.0. The first-order valence-electron chi connectivity index (χ1n) is 9.99. The van der Waals surface area contributed by atoms with Gasteiger partial charge in [0.15, 0.2) is 0 Å². The number of carbonyl (C=O) groups is 6. The lowest BCUT2D eigenvalue weighted by Crippen LogP contribution is -2.58. The van der Waals surface area contributed by atoms with Gasteiger partial charge in [-0.25, -0.2) is 4.79 Å². The highest BCUT2D eigenvalue weighted by atomic mass is 16.4. The Hall–Kier alpha value is -4.04.